The van der Waals surface area contributed by atoms with Crippen LogP contribution in [0.25, 0.3) is 0 Å². The van der Waals surface area contributed by atoms with E-state index in [0.29, 0.717) is 5.69 Å². The second kappa shape index (κ2) is 7.72. The van der Waals surface area contributed by atoms with Crippen LogP contribution in [0.3, 0.4) is 0 Å². The molecule has 32 heavy (non-hydrogen) atoms. The molecule has 3 aliphatic rings. The van der Waals surface area contributed by atoms with E-state index in [0.717, 1.165) is 19.4 Å². The monoisotopic (exact) mass is 423 g/mol. The van der Waals surface area contributed by atoms with Crippen molar-refractivity contribution in [2.45, 2.75) is 30.8 Å². The first-order chi connectivity index (χ1) is 15.8. The molecular weight excluding hydrogens is 396 g/mol. The Morgan fingerprint density at radius 1 is 0.719 bits per heavy atom. The molecule has 3 aliphatic heterocycles. The summed E-state index contributed by atoms with van der Waals surface area (Å²) in [4.78, 5) is 30.5. The third-order valence-electron chi connectivity index (χ3n) is 7.79. The highest BCUT2D eigenvalue weighted by atomic mass is 16.2. The highest BCUT2D eigenvalue weighted by Crippen LogP contribution is 2.44. The number of fused-ring (bicyclic) bond motifs is 3. The van der Waals surface area contributed by atoms with Crippen LogP contribution in [0.4, 0.5) is 5.69 Å². The standard InChI is InChI=1S/C28H26N2O2/c31-27-24-22-17-10-18-29(22)26(25(24)28(32)30(27)21-15-8-3-9-16-21)23(19-11-4-1-5-12-19)20-13-6-2-7-14-20/h1-9,11-16,22-26H,10,17-18H2/p+1/t22-,24-,25-,26+/m1/s1. The van der Waals surface area contributed by atoms with E-state index >= 15 is 0 Å². The van der Waals surface area contributed by atoms with Crippen molar-refractivity contribution in [2.75, 3.05) is 11.4 Å². The Kier molecular flexibility index (Phi) is 4.69. The number of quaternary nitrogens is 1. The number of carbonyl (C=O) groups excluding carboxylic acids is 2. The molecule has 160 valence electrons. The smallest absolute Gasteiger partial charge is 0.243 e. The lowest BCUT2D eigenvalue weighted by molar-refractivity contribution is -0.926. The second-order valence-electron chi connectivity index (χ2n) is 9.30. The molecule has 0 radical (unpaired) electrons. The van der Waals surface area contributed by atoms with Crippen LogP contribution in [0.5, 0.6) is 0 Å². The molecule has 5 atom stereocenters. The summed E-state index contributed by atoms with van der Waals surface area (Å²) < 4.78 is 0. The lowest BCUT2D eigenvalue weighted by atomic mass is 9.77. The normalized spacial score (nSPS) is 28.9. The molecule has 1 unspecified atom stereocenters. The molecule has 2 amide bonds. The molecule has 0 saturated carbocycles. The molecule has 0 bridgehead atoms. The summed E-state index contributed by atoms with van der Waals surface area (Å²) >= 11 is 0. The van der Waals surface area contributed by atoms with Gasteiger partial charge in [-0.3, -0.25) is 9.59 Å². The second-order valence-corrected chi connectivity index (χ2v) is 9.30. The Hall–Kier alpha value is -3.24. The highest BCUT2D eigenvalue weighted by Gasteiger charge is 2.67. The fourth-order valence-corrected chi connectivity index (χ4v) is 6.65. The Labute approximate surface area is 188 Å². The highest BCUT2D eigenvalue weighted by molar-refractivity contribution is 6.22. The van der Waals surface area contributed by atoms with Crippen LogP contribution in [-0.4, -0.2) is 30.4 Å². The molecule has 0 spiro atoms. The number of para-hydroxylation sites is 1. The first kappa shape index (κ1) is 19.4. The lowest BCUT2D eigenvalue weighted by Crippen LogP contribution is -3.16. The Balaban J connectivity index is 1.49. The van der Waals surface area contributed by atoms with Gasteiger partial charge in [0.15, 0.2) is 0 Å². The average molecular weight is 424 g/mol. The lowest BCUT2D eigenvalue weighted by Gasteiger charge is -2.32. The van der Waals surface area contributed by atoms with Gasteiger partial charge < -0.3 is 4.90 Å². The van der Waals surface area contributed by atoms with Gasteiger partial charge >= 0.3 is 0 Å². The zero-order chi connectivity index (χ0) is 21.7. The van der Waals surface area contributed by atoms with Gasteiger partial charge in [-0.15, -0.1) is 0 Å². The molecule has 3 aromatic carbocycles. The van der Waals surface area contributed by atoms with Crippen LogP contribution in [0.1, 0.15) is 29.9 Å². The van der Waals surface area contributed by atoms with Crippen molar-refractivity contribution < 1.29 is 14.5 Å². The van der Waals surface area contributed by atoms with E-state index in [1.165, 1.54) is 20.9 Å². The molecule has 3 aromatic rings. The van der Waals surface area contributed by atoms with Gasteiger partial charge in [0.2, 0.25) is 11.8 Å². The van der Waals surface area contributed by atoms with Crippen molar-refractivity contribution in [3.8, 4) is 0 Å². The van der Waals surface area contributed by atoms with Crippen molar-refractivity contribution in [1.82, 2.24) is 0 Å². The van der Waals surface area contributed by atoms with Crippen molar-refractivity contribution in [3.63, 3.8) is 0 Å². The maximum absolute atomic E-state index is 13.9. The summed E-state index contributed by atoms with van der Waals surface area (Å²) in [5.41, 5.74) is 3.15. The van der Waals surface area contributed by atoms with Gasteiger partial charge in [0.05, 0.1) is 18.2 Å². The number of hydrogen-bond acceptors (Lipinski definition) is 2. The van der Waals surface area contributed by atoms with Crippen LogP contribution in [0.15, 0.2) is 91.0 Å². The Morgan fingerprint density at radius 3 is 1.84 bits per heavy atom. The van der Waals surface area contributed by atoms with E-state index in [1.807, 2.05) is 42.5 Å². The summed E-state index contributed by atoms with van der Waals surface area (Å²) in [6.45, 7) is 1.03. The van der Waals surface area contributed by atoms with Crippen molar-refractivity contribution in [3.05, 3.63) is 102 Å². The fraction of sp³-hybridized carbons (Fsp3) is 0.286. The summed E-state index contributed by atoms with van der Waals surface area (Å²) in [5, 5.41) is 0. The maximum atomic E-state index is 13.9. The minimum atomic E-state index is -0.284. The number of amides is 2. The first-order valence-electron chi connectivity index (χ1n) is 11.6. The number of imide groups is 1. The molecule has 1 N–H and O–H groups in total. The van der Waals surface area contributed by atoms with Gasteiger partial charge in [0.1, 0.15) is 23.9 Å². The summed E-state index contributed by atoms with van der Waals surface area (Å²) in [7, 11) is 0. The van der Waals surface area contributed by atoms with E-state index in [9.17, 15) is 9.59 Å². The van der Waals surface area contributed by atoms with Crippen molar-refractivity contribution in [2.24, 2.45) is 11.8 Å². The molecule has 3 saturated heterocycles. The van der Waals surface area contributed by atoms with Crippen molar-refractivity contribution in [1.29, 1.82) is 0 Å². The van der Waals surface area contributed by atoms with Gasteiger partial charge in [-0.25, -0.2) is 4.90 Å². The average Bonchev–Trinajstić information content (AvgIpc) is 3.49. The molecular formula is C28H27N2O2+. The third-order valence-corrected chi connectivity index (χ3v) is 7.79. The predicted molar refractivity (Wildman–Crippen MR) is 123 cm³/mol. The quantitative estimate of drug-likeness (QED) is 0.656. The molecule has 4 nitrogen and oxygen atoms in total. The van der Waals surface area contributed by atoms with Gasteiger partial charge in [-0.2, -0.15) is 0 Å². The maximum Gasteiger partial charge on any atom is 0.243 e. The molecule has 4 heteroatoms. The number of carbonyl (C=O) groups is 2. The first-order valence-corrected chi connectivity index (χ1v) is 11.6. The number of anilines is 1. The summed E-state index contributed by atoms with van der Waals surface area (Å²) in [6.07, 6.45) is 2.13. The van der Waals surface area contributed by atoms with Crippen LogP contribution < -0.4 is 9.80 Å². The molecule has 3 heterocycles. The largest absolute Gasteiger partial charge is 0.328 e. The Bertz CT molecular complexity index is 1090. The predicted octanol–water partition coefficient (Wildman–Crippen LogP) is 3.05. The van der Waals surface area contributed by atoms with Gasteiger partial charge in [0.25, 0.3) is 0 Å². The zero-order valence-corrected chi connectivity index (χ0v) is 17.9. The van der Waals surface area contributed by atoms with E-state index in [2.05, 4.69) is 48.5 Å². The number of nitrogens with one attached hydrogen (secondary N) is 1. The van der Waals surface area contributed by atoms with Gasteiger partial charge in [0, 0.05) is 12.8 Å². The SMILES string of the molecule is O=C1[C@@H]2[C@H](C(=O)N1c1ccccc1)[C@H]1CCC[NH+]1[C@H]2C(c1ccccc1)c1ccccc1. The molecule has 6 rings (SSSR count). The minimum Gasteiger partial charge on any atom is -0.328 e. The van der Waals surface area contributed by atoms with E-state index in [4.69, 9.17) is 0 Å². The minimum absolute atomic E-state index is 0.00188. The zero-order valence-electron chi connectivity index (χ0n) is 17.9. The molecule has 3 fully saturated rings. The number of hydrogen-bond donors (Lipinski definition) is 1. The number of rotatable bonds is 4. The van der Waals surface area contributed by atoms with E-state index in [1.54, 1.807) is 0 Å². The third kappa shape index (κ3) is 2.86. The summed E-state index contributed by atoms with van der Waals surface area (Å²) in [5.74, 6) is -0.447. The fourth-order valence-electron chi connectivity index (χ4n) is 6.65. The van der Waals surface area contributed by atoms with Crippen molar-refractivity contribution >= 4 is 17.5 Å². The number of nitrogens with zero attached hydrogens (tertiary/aromatic N) is 1. The molecule has 0 aliphatic carbocycles. The topological polar surface area (TPSA) is 41.8 Å². The molecule has 0 aromatic heterocycles. The van der Waals surface area contributed by atoms with E-state index < -0.39 is 0 Å². The van der Waals surface area contributed by atoms with E-state index in [-0.39, 0.29) is 41.7 Å². The van der Waals surface area contributed by atoms with Crippen LogP contribution in [0.2, 0.25) is 0 Å². The van der Waals surface area contributed by atoms with Crippen LogP contribution >= 0.6 is 0 Å². The number of benzene rings is 3. The van der Waals surface area contributed by atoms with Crippen LogP contribution in [-0.2, 0) is 9.59 Å². The van der Waals surface area contributed by atoms with Gasteiger partial charge in [-0.1, -0.05) is 78.9 Å². The summed E-state index contributed by atoms with van der Waals surface area (Å²) in [6, 6.07) is 30.8. The Morgan fingerprint density at radius 2 is 1.25 bits per heavy atom. The van der Waals surface area contributed by atoms with Gasteiger partial charge in [-0.05, 0) is 23.3 Å². The van der Waals surface area contributed by atoms with Crippen LogP contribution in [0, 0.1) is 11.8 Å².